The van der Waals surface area contributed by atoms with Gasteiger partial charge in [-0.2, -0.15) is 0 Å². The minimum absolute atomic E-state index is 0.164. The van der Waals surface area contributed by atoms with Gasteiger partial charge in [0.05, 0.1) is 11.7 Å². The first-order valence-corrected chi connectivity index (χ1v) is 3.32. The zero-order valence-electron chi connectivity index (χ0n) is 6.37. The second-order valence-electron chi connectivity index (χ2n) is 2.53. The summed E-state index contributed by atoms with van der Waals surface area (Å²) in [5.74, 6) is -0.634. The summed E-state index contributed by atoms with van der Waals surface area (Å²) in [6.45, 7) is 3.01. The molecule has 0 radical (unpaired) electrons. The van der Waals surface area contributed by atoms with Gasteiger partial charge in [-0.25, -0.2) is 4.79 Å². The molecular formula is C7H10O4. The molecule has 0 aromatic heterocycles. The molecule has 0 fully saturated rings. The fourth-order valence-corrected chi connectivity index (χ4v) is 1.05. The maximum atomic E-state index is 10.8. The molecule has 0 aromatic carbocycles. The molecule has 2 atom stereocenters. The number of carbonyl (C=O) groups is 1. The fourth-order valence-electron chi connectivity index (χ4n) is 1.05. The molecule has 4 heteroatoms. The Hall–Kier alpha value is -0.870. The Balaban J connectivity index is 2.97. The first kappa shape index (κ1) is 8.23. The molecule has 1 heterocycles. The number of aliphatic hydroxyl groups excluding tert-OH is 2. The van der Waals surface area contributed by atoms with E-state index in [0.717, 1.165) is 0 Å². The van der Waals surface area contributed by atoms with Gasteiger partial charge in [0.15, 0.2) is 0 Å². The summed E-state index contributed by atoms with van der Waals surface area (Å²) >= 11 is 0. The van der Waals surface area contributed by atoms with E-state index < -0.39 is 18.4 Å². The molecule has 0 aromatic rings. The van der Waals surface area contributed by atoms with E-state index in [4.69, 9.17) is 10.2 Å². The van der Waals surface area contributed by atoms with Crippen molar-refractivity contribution in [2.24, 2.45) is 0 Å². The quantitative estimate of drug-likeness (QED) is 0.507. The Morgan fingerprint density at radius 3 is 2.36 bits per heavy atom. The van der Waals surface area contributed by atoms with Crippen LogP contribution in [0.2, 0.25) is 0 Å². The average Bonchev–Trinajstić information content (AvgIpc) is 2.07. The van der Waals surface area contributed by atoms with Crippen molar-refractivity contribution < 1.29 is 19.7 Å². The highest BCUT2D eigenvalue weighted by molar-refractivity contribution is 5.92. The lowest BCUT2D eigenvalue weighted by Gasteiger charge is -2.01. The third-order valence-electron chi connectivity index (χ3n) is 1.65. The Bertz CT molecular complexity index is 216. The second-order valence-corrected chi connectivity index (χ2v) is 2.53. The number of rotatable bonds is 1. The lowest BCUT2D eigenvalue weighted by Crippen LogP contribution is -2.12. The minimum atomic E-state index is -1.17. The molecule has 1 aliphatic rings. The van der Waals surface area contributed by atoms with Crippen LogP contribution in [0.3, 0.4) is 0 Å². The van der Waals surface area contributed by atoms with E-state index in [0.29, 0.717) is 5.57 Å². The van der Waals surface area contributed by atoms with Gasteiger partial charge in [0.25, 0.3) is 0 Å². The Labute approximate surface area is 64.1 Å². The predicted molar refractivity (Wildman–Crippen MR) is 36.5 cm³/mol. The molecule has 0 aliphatic carbocycles. The van der Waals surface area contributed by atoms with Gasteiger partial charge in [-0.1, -0.05) is 0 Å². The van der Waals surface area contributed by atoms with Crippen LogP contribution in [0.25, 0.3) is 0 Å². The summed E-state index contributed by atoms with van der Waals surface area (Å²) in [6, 6.07) is 0. The van der Waals surface area contributed by atoms with Gasteiger partial charge in [0, 0.05) is 5.57 Å². The third kappa shape index (κ3) is 1.27. The van der Waals surface area contributed by atoms with Gasteiger partial charge < -0.3 is 14.9 Å². The number of cyclic esters (lactones) is 1. The van der Waals surface area contributed by atoms with Crippen LogP contribution in [-0.4, -0.2) is 28.6 Å². The first-order chi connectivity index (χ1) is 5.04. The standard InChI is InChI=1S/C7H10O4/c1-3-5(4(2)8)7(10)11-6(3)9/h4,6,8-9H,1-2H3. The van der Waals surface area contributed by atoms with Gasteiger partial charge in [-0.05, 0) is 13.8 Å². The fraction of sp³-hybridized carbons (Fsp3) is 0.571. The molecular weight excluding hydrogens is 148 g/mol. The number of ether oxygens (including phenoxy) is 1. The number of esters is 1. The van der Waals surface area contributed by atoms with Crippen molar-refractivity contribution in [3.8, 4) is 0 Å². The van der Waals surface area contributed by atoms with Crippen molar-refractivity contribution in [2.75, 3.05) is 0 Å². The summed E-state index contributed by atoms with van der Waals surface area (Å²) < 4.78 is 4.43. The average molecular weight is 158 g/mol. The van der Waals surface area contributed by atoms with Crippen LogP contribution in [0.5, 0.6) is 0 Å². The number of aliphatic hydroxyl groups is 2. The van der Waals surface area contributed by atoms with Crippen molar-refractivity contribution in [3.63, 3.8) is 0 Å². The van der Waals surface area contributed by atoms with Crippen LogP contribution in [0.1, 0.15) is 13.8 Å². The summed E-state index contributed by atoms with van der Waals surface area (Å²) in [7, 11) is 0. The van der Waals surface area contributed by atoms with E-state index in [2.05, 4.69) is 4.74 Å². The number of hydrogen-bond donors (Lipinski definition) is 2. The van der Waals surface area contributed by atoms with Crippen LogP contribution in [-0.2, 0) is 9.53 Å². The van der Waals surface area contributed by atoms with E-state index in [9.17, 15) is 4.79 Å². The molecule has 0 saturated carbocycles. The summed E-state index contributed by atoms with van der Waals surface area (Å²) in [6.07, 6.45) is -2.05. The van der Waals surface area contributed by atoms with Gasteiger partial charge >= 0.3 is 5.97 Å². The highest BCUT2D eigenvalue weighted by Crippen LogP contribution is 2.22. The smallest absolute Gasteiger partial charge is 0.339 e. The molecule has 2 unspecified atom stereocenters. The normalized spacial score (nSPS) is 27.3. The summed E-state index contributed by atoms with van der Waals surface area (Å²) in [5.41, 5.74) is 0.558. The van der Waals surface area contributed by atoms with Gasteiger partial charge in [-0.3, -0.25) is 0 Å². The third-order valence-corrected chi connectivity index (χ3v) is 1.65. The molecule has 1 rings (SSSR count). The van der Waals surface area contributed by atoms with E-state index in [1.165, 1.54) is 6.92 Å². The molecule has 0 saturated heterocycles. The number of carbonyl (C=O) groups excluding carboxylic acids is 1. The minimum Gasteiger partial charge on any atom is -0.428 e. The predicted octanol–water partition coefficient (Wildman–Crippen LogP) is -0.441. The Morgan fingerprint density at radius 2 is 2.18 bits per heavy atom. The van der Waals surface area contributed by atoms with Crippen molar-refractivity contribution in [1.82, 2.24) is 0 Å². The molecule has 0 amide bonds. The lowest BCUT2D eigenvalue weighted by molar-refractivity contribution is -0.152. The van der Waals surface area contributed by atoms with E-state index in [-0.39, 0.29) is 5.57 Å². The molecule has 4 nitrogen and oxygen atoms in total. The zero-order valence-corrected chi connectivity index (χ0v) is 6.37. The topological polar surface area (TPSA) is 66.8 Å². The van der Waals surface area contributed by atoms with Gasteiger partial charge in [-0.15, -0.1) is 0 Å². The maximum absolute atomic E-state index is 10.8. The van der Waals surface area contributed by atoms with Crippen LogP contribution in [0.4, 0.5) is 0 Å². The second kappa shape index (κ2) is 2.64. The lowest BCUT2D eigenvalue weighted by atomic mass is 10.1. The monoisotopic (exact) mass is 158 g/mol. The van der Waals surface area contributed by atoms with Crippen LogP contribution in [0, 0.1) is 0 Å². The maximum Gasteiger partial charge on any atom is 0.339 e. The van der Waals surface area contributed by atoms with Crippen LogP contribution < -0.4 is 0 Å². The van der Waals surface area contributed by atoms with Gasteiger partial charge in [0.1, 0.15) is 0 Å². The van der Waals surface area contributed by atoms with Crippen LogP contribution in [0.15, 0.2) is 11.1 Å². The van der Waals surface area contributed by atoms with E-state index >= 15 is 0 Å². The SMILES string of the molecule is CC1=C(C(C)O)C(=O)OC1O. The first-order valence-electron chi connectivity index (χ1n) is 3.32. The van der Waals surface area contributed by atoms with Crippen molar-refractivity contribution in [3.05, 3.63) is 11.1 Å². The molecule has 0 bridgehead atoms. The summed E-state index contributed by atoms with van der Waals surface area (Å²) in [4.78, 5) is 10.8. The highest BCUT2D eigenvalue weighted by Gasteiger charge is 2.32. The number of hydrogen-bond acceptors (Lipinski definition) is 4. The van der Waals surface area contributed by atoms with E-state index in [1.54, 1.807) is 6.92 Å². The van der Waals surface area contributed by atoms with Crippen molar-refractivity contribution >= 4 is 5.97 Å². The van der Waals surface area contributed by atoms with E-state index in [1.807, 2.05) is 0 Å². The molecule has 62 valence electrons. The molecule has 0 spiro atoms. The largest absolute Gasteiger partial charge is 0.428 e. The summed E-state index contributed by atoms with van der Waals surface area (Å²) in [5, 5.41) is 18.0. The Kier molecular flexibility index (Phi) is 1.97. The highest BCUT2D eigenvalue weighted by atomic mass is 16.6. The zero-order chi connectivity index (χ0) is 8.59. The van der Waals surface area contributed by atoms with Crippen molar-refractivity contribution in [1.29, 1.82) is 0 Å². The van der Waals surface area contributed by atoms with Crippen molar-refractivity contribution in [2.45, 2.75) is 26.2 Å². The molecule has 1 aliphatic heterocycles. The van der Waals surface area contributed by atoms with Crippen LogP contribution >= 0.6 is 0 Å². The van der Waals surface area contributed by atoms with Gasteiger partial charge in [0.2, 0.25) is 6.29 Å². The Morgan fingerprint density at radius 1 is 1.64 bits per heavy atom. The molecule has 11 heavy (non-hydrogen) atoms. The molecule has 2 N–H and O–H groups in total.